The molecule has 32 heavy (non-hydrogen) atoms. The molecule has 0 unspecified atom stereocenters. The van der Waals surface area contributed by atoms with Crippen LogP contribution in [0.1, 0.15) is 16.7 Å². The zero-order valence-corrected chi connectivity index (χ0v) is 17.9. The molecule has 7 heteroatoms. The lowest BCUT2D eigenvalue weighted by atomic mass is 10.2. The predicted molar refractivity (Wildman–Crippen MR) is 126 cm³/mol. The van der Waals surface area contributed by atoms with Gasteiger partial charge in [-0.3, -0.25) is 5.43 Å². The third-order valence-electron chi connectivity index (χ3n) is 4.47. The fraction of sp³-hybridized carbons (Fsp3) is 0.0800. The molecule has 0 atom stereocenters. The monoisotopic (exact) mass is 444 g/mol. The molecule has 3 aromatic carbocycles. The van der Waals surface area contributed by atoms with Crippen LogP contribution in [-0.4, -0.2) is 16.4 Å². The molecule has 0 amide bonds. The van der Waals surface area contributed by atoms with Crippen molar-refractivity contribution in [2.45, 2.75) is 13.2 Å². The number of nitrogens with zero attached hydrogens (tertiary/aromatic N) is 3. The van der Waals surface area contributed by atoms with E-state index in [-0.39, 0.29) is 0 Å². The Balaban J connectivity index is 1.48. The van der Waals surface area contributed by atoms with Crippen molar-refractivity contribution in [3.8, 4) is 11.5 Å². The average molecular weight is 445 g/mol. The Bertz CT molecular complexity index is 1150. The predicted octanol–water partition coefficient (Wildman–Crippen LogP) is 5.73. The van der Waals surface area contributed by atoms with Gasteiger partial charge in [-0.05, 0) is 47.0 Å². The van der Waals surface area contributed by atoms with Crippen LogP contribution in [0.25, 0.3) is 0 Å². The third kappa shape index (κ3) is 6.30. The van der Waals surface area contributed by atoms with Crippen LogP contribution in [0.4, 0.5) is 5.82 Å². The first kappa shape index (κ1) is 21.3. The number of anilines is 1. The van der Waals surface area contributed by atoms with Crippen molar-refractivity contribution in [1.82, 2.24) is 10.2 Å². The molecule has 0 saturated heterocycles. The molecular formula is C25H21ClN4O2. The molecule has 0 spiro atoms. The fourth-order valence-electron chi connectivity index (χ4n) is 2.86. The molecule has 4 aromatic rings. The molecule has 6 nitrogen and oxygen atoms in total. The van der Waals surface area contributed by atoms with Crippen LogP contribution in [0.5, 0.6) is 11.5 Å². The molecule has 0 saturated carbocycles. The number of rotatable bonds is 9. The summed E-state index contributed by atoms with van der Waals surface area (Å²) in [5.74, 6) is 1.80. The summed E-state index contributed by atoms with van der Waals surface area (Å²) < 4.78 is 12.1. The first-order chi connectivity index (χ1) is 15.8. The fourth-order valence-corrected chi connectivity index (χ4v) is 2.96. The second-order valence-electron chi connectivity index (χ2n) is 6.87. The summed E-state index contributed by atoms with van der Waals surface area (Å²) in [7, 11) is 0. The van der Waals surface area contributed by atoms with Gasteiger partial charge in [0.15, 0.2) is 22.5 Å². The van der Waals surface area contributed by atoms with Crippen LogP contribution < -0.4 is 14.9 Å². The van der Waals surface area contributed by atoms with Crippen LogP contribution in [0, 0.1) is 0 Å². The minimum Gasteiger partial charge on any atom is -0.485 e. The van der Waals surface area contributed by atoms with E-state index in [0.29, 0.717) is 35.7 Å². The normalized spacial score (nSPS) is 10.8. The molecule has 0 aliphatic heterocycles. The van der Waals surface area contributed by atoms with E-state index in [9.17, 15) is 0 Å². The number of hydrogen-bond acceptors (Lipinski definition) is 6. The van der Waals surface area contributed by atoms with Gasteiger partial charge in [-0.25, -0.2) is 0 Å². The van der Waals surface area contributed by atoms with Gasteiger partial charge in [0, 0.05) is 0 Å². The van der Waals surface area contributed by atoms with Gasteiger partial charge in [-0.15, -0.1) is 10.2 Å². The second-order valence-corrected chi connectivity index (χ2v) is 7.25. The Hall–Kier alpha value is -3.90. The van der Waals surface area contributed by atoms with Crippen molar-refractivity contribution < 1.29 is 9.47 Å². The zero-order chi connectivity index (χ0) is 22.0. The van der Waals surface area contributed by atoms with Crippen molar-refractivity contribution in [3.05, 3.63) is 113 Å². The van der Waals surface area contributed by atoms with Gasteiger partial charge in [-0.1, -0.05) is 72.3 Å². The molecule has 0 radical (unpaired) electrons. The van der Waals surface area contributed by atoms with E-state index in [2.05, 4.69) is 20.7 Å². The number of benzene rings is 3. The molecule has 0 aliphatic rings. The Morgan fingerprint density at radius 2 is 1.41 bits per heavy atom. The first-order valence-electron chi connectivity index (χ1n) is 10.0. The largest absolute Gasteiger partial charge is 0.485 e. The maximum Gasteiger partial charge on any atom is 0.168 e. The van der Waals surface area contributed by atoms with Crippen molar-refractivity contribution in [1.29, 1.82) is 0 Å². The topological polar surface area (TPSA) is 68.6 Å². The lowest BCUT2D eigenvalue weighted by Gasteiger charge is -2.14. The van der Waals surface area contributed by atoms with Gasteiger partial charge in [0.2, 0.25) is 0 Å². The van der Waals surface area contributed by atoms with Crippen LogP contribution in [-0.2, 0) is 13.2 Å². The minimum atomic E-state index is 0.325. The maximum absolute atomic E-state index is 6.09. The van der Waals surface area contributed by atoms with Crippen molar-refractivity contribution in [2.75, 3.05) is 5.43 Å². The van der Waals surface area contributed by atoms with Crippen molar-refractivity contribution >= 4 is 23.6 Å². The summed E-state index contributed by atoms with van der Waals surface area (Å²) in [5, 5.41) is 12.2. The molecule has 1 heterocycles. The molecule has 4 rings (SSSR count). The van der Waals surface area contributed by atoms with Gasteiger partial charge >= 0.3 is 0 Å². The highest BCUT2D eigenvalue weighted by molar-refractivity contribution is 6.29. The van der Waals surface area contributed by atoms with E-state index in [0.717, 1.165) is 16.7 Å². The SMILES string of the molecule is Clc1ccc(N/N=C\c2ccc(OCc3ccccc3)c(OCc3ccccc3)c2)nn1. The van der Waals surface area contributed by atoms with E-state index in [4.69, 9.17) is 21.1 Å². The van der Waals surface area contributed by atoms with Crippen molar-refractivity contribution in [2.24, 2.45) is 5.10 Å². The number of hydrazone groups is 1. The third-order valence-corrected chi connectivity index (χ3v) is 4.67. The molecule has 1 N–H and O–H groups in total. The first-order valence-corrected chi connectivity index (χ1v) is 10.4. The Labute approximate surface area is 191 Å². The van der Waals surface area contributed by atoms with E-state index >= 15 is 0 Å². The zero-order valence-electron chi connectivity index (χ0n) is 17.2. The summed E-state index contributed by atoms with van der Waals surface area (Å²) in [5.41, 5.74) is 5.82. The highest BCUT2D eigenvalue weighted by Crippen LogP contribution is 2.29. The number of hydrogen-bond donors (Lipinski definition) is 1. The van der Waals surface area contributed by atoms with E-state index < -0.39 is 0 Å². The molecule has 0 bridgehead atoms. The van der Waals surface area contributed by atoms with Crippen LogP contribution in [0.15, 0.2) is 96.1 Å². The van der Waals surface area contributed by atoms with Gasteiger partial charge in [-0.2, -0.15) is 5.10 Å². The Morgan fingerprint density at radius 3 is 2.03 bits per heavy atom. The highest BCUT2D eigenvalue weighted by atomic mass is 35.5. The van der Waals surface area contributed by atoms with Crippen molar-refractivity contribution in [3.63, 3.8) is 0 Å². The van der Waals surface area contributed by atoms with Crippen LogP contribution >= 0.6 is 11.6 Å². The van der Waals surface area contributed by atoms with Gasteiger partial charge in [0.25, 0.3) is 0 Å². The number of nitrogens with one attached hydrogen (secondary N) is 1. The van der Waals surface area contributed by atoms with Gasteiger partial charge in [0.05, 0.1) is 6.21 Å². The molecule has 0 fully saturated rings. The maximum atomic E-state index is 6.09. The molecular weight excluding hydrogens is 424 g/mol. The lowest BCUT2D eigenvalue weighted by Crippen LogP contribution is -2.01. The summed E-state index contributed by atoms with van der Waals surface area (Å²) in [6, 6.07) is 29.0. The quantitative estimate of drug-likeness (QED) is 0.263. The number of aromatic nitrogens is 2. The van der Waals surface area contributed by atoms with Gasteiger partial charge in [0.1, 0.15) is 13.2 Å². The van der Waals surface area contributed by atoms with E-state index in [1.165, 1.54) is 0 Å². The van der Waals surface area contributed by atoms with Gasteiger partial charge < -0.3 is 9.47 Å². The van der Waals surface area contributed by atoms with Crippen LogP contribution in [0.2, 0.25) is 5.15 Å². The van der Waals surface area contributed by atoms with E-state index in [1.807, 2.05) is 78.9 Å². The number of halogens is 1. The minimum absolute atomic E-state index is 0.325. The number of ether oxygens (including phenoxy) is 2. The standard InChI is InChI=1S/C25H21ClN4O2/c26-24-13-14-25(30-28-24)29-27-16-21-11-12-22(31-17-19-7-3-1-4-8-19)23(15-21)32-18-20-9-5-2-6-10-20/h1-16H,17-18H2,(H,29,30)/b27-16-. The highest BCUT2D eigenvalue weighted by Gasteiger charge is 2.08. The molecule has 1 aromatic heterocycles. The summed E-state index contributed by atoms with van der Waals surface area (Å²) >= 11 is 5.75. The van der Waals surface area contributed by atoms with E-state index in [1.54, 1.807) is 18.3 Å². The summed E-state index contributed by atoms with van der Waals surface area (Å²) in [6.45, 7) is 0.883. The average Bonchev–Trinajstić information content (AvgIpc) is 2.84. The molecule has 160 valence electrons. The Morgan fingerprint density at radius 1 is 0.750 bits per heavy atom. The smallest absolute Gasteiger partial charge is 0.168 e. The second kappa shape index (κ2) is 10.9. The van der Waals surface area contributed by atoms with Crippen LogP contribution in [0.3, 0.4) is 0 Å². The molecule has 0 aliphatic carbocycles. The summed E-state index contributed by atoms with van der Waals surface area (Å²) in [4.78, 5) is 0. The summed E-state index contributed by atoms with van der Waals surface area (Å²) in [6.07, 6.45) is 1.67. The Kier molecular flexibility index (Phi) is 7.29. The lowest BCUT2D eigenvalue weighted by molar-refractivity contribution is 0.256.